The van der Waals surface area contributed by atoms with E-state index in [4.69, 9.17) is 11.6 Å². The molecule has 0 fully saturated rings. The average Bonchev–Trinajstić information content (AvgIpc) is 2.82. The van der Waals surface area contributed by atoms with Crippen LogP contribution in [0.15, 0.2) is 24.3 Å². The Morgan fingerprint density at radius 1 is 1.36 bits per heavy atom. The Labute approximate surface area is 134 Å². The van der Waals surface area contributed by atoms with E-state index in [2.05, 4.69) is 15.6 Å². The molecule has 0 saturated carbocycles. The molecule has 0 aliphatic carbocycles. The van der Waals surface area contributed by atoms with E-state index in [9.17, 15) is 9.90 Å². The van der Waals surface area contributed by atoms with Crippen molar-refractivity contribution in [3.05, 3.63) is 34.3 Å². The Kier molecular flexibility index (Phi) is 3.18. The van der Waals surface area contributed by atoms with Crippen LogP contribution in [-0.2, 0) is 0 Å². The van der Waals surface area contributed by atoms with Gasteiger partial charge >= 0.3 is 0 Å². The van der Waals surface area contributed by atoms with Gasteiger partial charge in [0.1, 0.15) is 10.0 Å². The molecule has 7 heteroatoms. The van der Waals surface area contributed by atoms with Crippen LogP contribution in [0.25, 0.3) is 21.0 Å². The van der Waals surface area contributed by atoms with Crippen LogP contribution in [0.3, 0.4) is 0 Å². The summed E-state index contributed by atoms with van der Waals surface area (Å²) in [5.41, 5.74) is 1.61. The fourth-order valence-electron chi connectivity index (χ4n) is 2.74. The van der Waals surface area contributed by atoms with Crippen LogP contribution in [0.4, 0.5) is 5.69 Å². The average molecular weight is 334 g/mol. The van der Waals surface area contributed by atoms with Crippen molar-refractivity contribution in [3.63, 3.8) is 0 Å². The van der Waals surface area contributed by atoms with E-state index in [0.717, 1.165) is 26.7 Å². The van der Waals surface area contributed by atoms with Crippen LogP contribution < -0.4 is 10.6 Å². The lowest BCUT2D eigenvalue weighted by Crippen LogP contribution is -2.39. The van der Waals surface area contributed by atoms with Crippen LogP contribution in [0.5, 0.6) is 0 Å². The van der Waals surface area contributed by atoms with Crippen molar-refractivity contribution >= 4 is 55.5 Å². The zero-order chi connectivity index (χ0) is 15.3. The first-order valence-electron chi connectivity index (χ1n) is 6.84. The summed E-state index contributed by atoms with van der Waals surface area (Å²) in [5, 5.41) is 17.8. The third-order valence-electron chi connectivity index (χ3n) is 3.78. The molecule has 0 spiro atoms. The monoisotopic (exact) mass is 333 g/mol. The van der Waals surface area contributed by atoms with E-state index in [1.165, 1.54) is 11.3 Å². The normalized spacial score (nSPS) is 17.9. The fourth-order valence-corrected chi connectivity index (χ4v) is 3.99. The highest BCUT2D eigenvalue weighted by Crippen LogP contribution is 2.40. The lowest BCUT2D eigenvalue weighted by atomic mass is 10.1. The molecule has 1 unspecified atom stereocenters. The lowest BCUT2D eigenvalue weighted by Gasteiger charge is -2.12. The summed E-state index contributed by atoms with van der Waals surface area (Å²) in [6.07, 6.45) is 0. The predicted octanol–water partition coefficient (Wildman–Crippen LogP) is 2.62. The number of halogens is 1. The van der Waals surface area contributed by atoms with Crippen LogP contribution >= 0.6 is 22.9 Å². The number of nitrogens with one attached hydrogen (secondary N) is 2. The molecule has 1 aliphatic heterocycles. The van der Waals surface area contributed by atoms with Crippen LogP contribution in [0.2, 0.25) is 5.15 Å². The lowest BCUT2D eigenvalue weighted by molar-refractivity contribution is 0.0928. The molecule has 0 radical (unpaired) electrons. The first-order chi connectivity index (χ1) is 10.7. The zero-order valence-corrected chi connectivity index (χ0v) is 13.0. The summed E-state index contributed by atoms with van der Waals surface area (Å²) in [7, 11) is 0. The van der Waals surface area contributed by atoms with Crippen molar-refractivity contribution in [2.75, 3.05) is 18.5 Å². The number of amides is 1. The molecule has 5 nitrogen and oxygen atoms in total. The quantitative estimate of drug-likeness (QED) is 0.598. The number of pyridine rings is 1. The van der Waals surface area contributed by atoms with E-state index in [1.807, 2.05) is 18.2 Å². The molecular weight excluding hydrogens is 322 g/mol. The van der Waals surface area contributed by atoms with E-state index in [-0.39, 0.29) is 18.6 Å². The first kappa shape index (κ1) is 13.8. The fraction of sp³-hybridized carbons (Fsp3) is 0.200. The van der Waals surface area contributed by atoms with Crippen molar-refractivity contribution in [2.45, 2.75) is 6.04 Å². The maximum atomic E-state index is 12.3. The smallest absolute Gasteiger partial charge is 0.263 e. The highest BCUT2D eigenvalue weighted by atomic mass is 35.5. The number of aliphatic hydroxyl groups is 1. The largest absolute Gasteiger partial charge is 0.394 e. The Morgan fingerprint density at radius 3 is 3.05 bits per heavy atom. The van der Waals surface area contributed by atoms with Crippen molar-refractivity contribution in [2.24, 2.45) is 0 Å². The number of hydrogen-bond donors (Lipinski definition) is 3. The number of aliphatic hydroxyl groups excluding tert-OH is 1. The zero-order valence-electron chi connectivity index (χ0n) is 11.4. The van der Waals surface area contributed by atoms with Gasteiger partial charge in [-0.2, -0.15) is 0 Å². The molecule has 22 heavy (non-hydrogen) atoms. The van der Waals surface area contributed by atoms with Gasteiger partial charge in [-0.1, -0.05) is 11.6 Å². The molecule has 1 aromatic carbocycles. The van der Waals surface area contributed by atoms with Gasteiger partial charge < -0.3 is 15.7 Å². The van der Waals surface area contributed by atoms with Gasteiger partial charge in [0.25, 0.3) is 5.91 Å². The van der Waals surface area contributed by atoms with E-state index in [1.54, 1.807) is 6.07 Å². The van der Waals surface area contributed by atoms with Gasteiger partial charge in [0.05, 0.1) is 23.9 Å². The number of fused-ring (bicyclic) bond motifs is 5. The summed E-state index contributed by atoms with van der Waals surface area (Å²) >= 11 is 7.39. The molecule has 1 atom stereocenters. The van der Waals surface area contributed by atoms with E-state index >= 15 is 0 Å². The predicted molar refractivity (Wildman–Crippen MR) is 89.0 cm³/mol. The Morgan fingerprint density at radius 2 is 2.23 bits per heavy atom. The summed E-state index contributed by atoms with van der Waals surface area (Å²) in [6.45, 7) is 0.391. The third-order valence-corrected chi connectivity index (χ3v) is 5.14. The molecule has 0 bridgehead atoms. The number of aromatic nitrogens is 1. The van der Waals surface area contributed by atoms with Crippen molar-refractivity contribution < 1.29 is 9.90 Å². The molecule has 3 aromatic rings. The number of carbonyl (C=O) groups is 1. The van der Waals surface area contributed by atoms with Crippen molar-refractivity contribution in [1.82, 2.24) is 10.3 Å². The van der Waals surface area contributed by atoms with Crippen LogP contribution in [0, 0.1) is 0 Å². The van der Waals surface area contributed by atoms with Gasteiger partial charge in [-0.05, 0) is 24.3 Å². The second-order valence-corrected chi connectivity index (χ2v) is 6.62. The molecular formula is C15H12ClN3O2S. The number of benzene rings is 1. The molecule has 1 amide bonds. The molecule has 112 valence electrons. The van der Waals surface area contributed by atoms with Gasteiger partial charge in [-0.25, -0.2) is 4.98 Å². The van der Waals surface area contributed by atoms with Gasteiger partial charge in [0.15, 0.2) is 0 Å². The molecule has 1 aliphatic rings. The highest BCUT2D eigenvalue weighted by Gasteiger charge is 2.25. The number of rotatable bonds is 1. The van der Waals surface area contributed by atoms with E-state index in [0.29, 0.717) is 16.6 Å². The Hall–Kier alpha value is -1.89. The SMILES string of the molecule is O=C1NC(CO)CNc2c1sc1ccc3nc(Cl)ccc3c21. The second kappa shape index (κ2) is 5.08. The van der Waals surface area contributed by atoms with Gasteiger partial charge in [-0.3, -0.25) is 4.79 Å². The molecule has 3 N–H and O–H groups in total. The standard InChI is InChI=1S/C15H12ClN3O2S/c16-11-4-1-8-9(19-11)2-3-10-12(8)13-14(22-10)15(21)18-7(6-20)5-17-13/h1-4,7,17,20H,5-6H2,(H,18,21). The highest BCUT2D eigenvalue weighted by molar-refractivity contribution is 7.21. The van der Waals surface area contributed by atoms with E-state index < -0.39 is 0 Å². The number of thiophene rings is 1. The number of hydrogen-bond acceptors (Lipinski definition) is 5. The van der Waals surface area contributed by atoms with Crippen molar-refractivity contribution in [1.29, 1.82) is 0 Å². The molecule has 4 rings (SSSR count). The van der Waals surface area contributed by atoms with Crippen LogP contribution in [0.1, 0.15) is 9.67 Å². The molecule has 0 saturated heterocycles. The first-order valence-corrected chi connectivity index (χ1v) is 8.04. The third kappa shape index (κ3) is 2.03. The minimum absolute atomic E-state index is 0.0937. The summed E-state index contributed by atoms with van der Waals surface area (Å²) in [6, 6.07) is 7.26. The van der Waals surface area contributed by atoms with Crippen LogP contribution in [-0.4, -0.2) is 35.2 Å². The maximum Gasteiger partial charge on any atom is 0.263 e. The minimum atomic E-state index is -0.287. The summed E-state index contributed by atoms with van der Waals surface area (Å²) < 4.78 is 1.02. The summed E-state index contributed by atoms with van der Waals surface area (Å²) in [4.78, 5) is 17.3. The van der Waals surface area contributed by atoms with Gasteiger partial charge in [0.2, 0.25) is 0 Å². The van der Waals surface area contributed by atoms with Gasteiger partial charge in [-0.15, -0.1) is 11.3 Å². The Balaban J connectivity index is 2.00. The second-order valence-electron chi connectivity index (χ2n) is 5.18. The maximum absolute atomic E-state index is 12.3. The van der Waals surface area contributed by atoms with Crippen molar-refractivity contribution in [3.8, 4) is 0 Å². The molecule has 2 aromatic heterocycles. The Bertz CT molecular complexity index is 909. The number of carbonyl (C=O) groups excluding carboxylic acids is 1. The number of anilines is 1. The minimum Gasteiger partial charge on any atom is -0.394 e. The van der Waals surface area contributed by atoms with Gasteiger partial charge in [0, 0.05) is 22.0 Å². The topological polar surface area (TPSA) is 74.2 Å². The number of nitrogens with zero attached hydrogens (tertiary/aromatic N) is 1. The molecule has 3 heterocycles. The summed E-state index contributed by atoms with van der Waals surface area (Å²) in [5.74, 6) is -0.157.